The first-order chi connectivity index (χ1) is 8.45. The molecule has 18 heavy (non-hydrogen) atoms. The molecule has 0 radical (unpaired) electrons. The molecule has 0 aliphatic rings. The van der Waals surface area contributed by atoms with Gasteiger partial charge in [0.25, 0.3) is 0 Å². The lowest BCUT2D eigenvalue weighted by Crippen LogP contribution is -2.08. The molecule has 6 heteroatoms. The van der Waals surface area contributed by atoms with E-state index in [4.69, 9.17) is 27.9 Å². The Labute approximate surface area is 114 Å². The third kappa shape index (κ3) is 3.89. The average Bonchev–Trinajstić information content (AvgIpc) is 2.32. The van der Waals surface area contributed by atoms with E-state index in [-0.39, 0.29) is 46.6 Å². The minimum atomic E-state index is -0.429. The second-order valence-corrected chi connectivity index (χ2v) is 4.33. The number of carbonyl (C=O) groups is 2. The van der Waals surface area contributed by atoms with Crippen LogP contribution in [0.3, 0.4) is 0 Å². The van der Waals surface area contributed by atoms with Crippen molar-refractivity contribution in [3.05, 3.63) is 27.7 Å². The largest absolute Gasteiger partial charge is 0.505 e. The first-order valence-electron chi connectivity index (χ1n) is 5.32. The molecule has 0 spiro atoms. The zero-order valence-electron chi connectivity index (χ0n) is 9.70. The van der Waals surface area contributed by atoms with Gasteiger partial charge in [0.05, 0.1) is 23.1 Å². The first kappa shape index (κ1) is 14.8. The van der Waals surface area contributed by atoms with Gasteiger partial charge in [-0.1, -0.05) is 23.2 Å². The molecule has 1 N–H and O–H groups in total. The number of ether oxygens (including phenoxy) is 1. The molecule has 0 amide bonds. The maximum atomic E-state index is 11.8. The van der Waals surface area contributed by atoms with Crippen molar-refractivity contribution in [2.75, 3.05) is 6.61 Å². The van der Waals surface area contributed by atoms with Gasteiger partial charge in [0.15, 0.2) is 11.5 Å². The van der Waals surface area contributed by atoms with Crippen LogP contribution in [-0.2, 0) is 9.53 Å². The summed E-state index contributed by atoms with van der Waals surface area (Å²) in [6, 6.07) is 2.63. The van der Waals surface area contributed by atoms with Gasteiger partial charge < -0.3 is 9.84 Å². The fraction of sp³-hybridized carbons (Fsp3) is 0.333. The van der Waals surface area contributed by atoms with Gasteiger partial charge in [0, 0.05) is 12.0 Å². The number of rotatable bonds is 5. The number of benzene rings is 1. The minimum Gasteiger partial charge on any atom is -0.505 e. The lowest BCUT2D eigenvalue weighted by molar-refractivity contribution is -0.143. The highest BCUT2D eigenvalue weighted by Crippen LogP contribution is 2.33. The summed E-state index contributed by atoms with van der Waals surface area (Å²) < 4.78 is 4.71. The summed E-state index contributed by atoms with van der Waals surface area (Å²) in [5.41, 5.74) is 0.257. The number of carbonyl (C=O) groups excluding carboxylic acids is 2. The van der Waals surface area contributed by atoms with Crippen molar-refractivity contribution in [2.45, 2.75) is 19.8 Å². The Kier molecular flexibility index (Phi) is 5.44. The van der Waals surface area contributed by atoms with Crippen LogP contribution in [0.2, 0.25) is 10.0 Å². The van der Waals surface area contributed by atoms with Gasteiger partial charge in [0.2, 0.25) is 0 Å². The van der Waals surface area contributed by atoms with Gasteiger partial charge in [-0.05, 0) is 19.1 Å². The van der Waals surface area contributed by atoms with Gasteiger partial charge in [-0.3, -0.25) is 9.59 Å². The summed E-state index contributed by atoms with van der Waals surface area (Å²) >= 11 is 11.4. The Balaban J connectivity index is 2.70. The van der Waals surface area contributed by atoms with Crippen molar-refractivity contribution in [1.82, 2.24) is 0 Å². The van der Waals surface area contributed by atoms with Crippen molar-refractivity contribution in [1.29, 1.82) is 0 Å². The topological polar surface area (TPSA) is 63.6 Å². The van der Waals surface area contributed by atoms with Crippen molar-refractivity contribution in [3.8, 4) is 5.75 Å². The molecule has 0 atom stereocenters. The summed E-state index contributed by atoms with van der Waals surface area (Å²) in [5, 5.41) is 9.35. The van der Waals surface area contributed by atoms with Crippen molar-refractivity contribution in [2.24, 2.45) is 0 Å². The zero-order valence-corrected chi connectivity index (χ0v) is 11.2. The Hall–Kier alpha value is -1.26. The predicted octanol–water partition coefficient (Wildman–Crippen LogP) is 3.23. The summed E-state index contributed by atoms with van der Waals surface area (Å²) in [6.45, 7) is 1.98. The second kappa shape index (κ2) is 6.61. The summed E-state index contributed by atoms with van der Waals surface area (Å²) in [4.78, 5) is 22.9. The molecule has 4 nitrogen and oxygen atoms in total. The number of Topliss-reactive ketones (excluding diaryl/α,β-unsaturated/α-hetero) is 1. The van der Waals surface area contributed by atoms with Crippen LogP contribution in [-0.4, -0.2) is 23.5 Å². The normalized spacial score (nSPS) is 10.2. The van der Waals surface area contributed by atoms with Gasteiger partial charge in [-0.2, -0.15) is 0 Å². The number of halogens is 2. The van der Waals surface area contributed by atoms with E-state index in [0.717, 1.165) is 0 Å². The van der Waals surface area contributed by atoms with Crippen molar-refractivity contribution < 1.29 is 19.4 Å². The molecule has 0 fully saturated rings. The third-order valence-electron chi connectivity index (χ3n) is 2.20. The number of phenolic OH excluding ortho intramolecular Hbond substituents is 1. The van der Waals surface area contributed by atoms with E-state index in [0.29, 0.717) is 0 Å². The molecule has 0 saturated carbocycles. The molecule has 0 heterocycles. The molecule has 0 bridgehead atoms. The highest BCUT2D eigenvalue weighted by Gasteiger charge is 2.14. The second-order valence-electron chi connectivity index (χ2n) is 3.52. The van der Waals surface area contributed by atoms with Crippen LogP contribution in [0.15, 0.2) is 12.1 Å². The minimum absolute atomic E-state index is 0.00184. The molecule has 98 valence electrons. The summed E-state index contributed by atoms with van der Waals surface area (Å²) in [7, 11) is 0. The fourth-order valence-corrected chi connectivity index (χ4v) is 1.81. The molecule has 1 aromatic rings. The average molecular weight is 291 g/mol. The fourth-order valence-electron chi connectivity index (χ4n) is 1.32. The molecule has 0 aliphatic carbocycles. The Bertz CT molecular complexity index is 448. The number of esters is 1. The Morgan fingerprint density at radius 2 is 1.78 bits per heavy atom. The molecule has 0 saturated heterocycles. The van der Waals surface area contributed by atoms with Crippen LogP contribution in [0.1, 0.15) is 30.1 Å². The maximum absolute atomic E-state index is 11.8. The molecule has 1 aromatic carbocycles. The molecular weight excluding hydrogens is 279 g/mol. The van der Waals surface area contributed by atoms with Gasteiger partial charge in [-0.25, -0.2) is 0 Å². The maximum Gasteiger partial charge on any atom is 0.306 e. The van der Waals surface area contributed by atoms with Crippen LogP contribution >= 0.6 is 23.2 Å². The van der Waals surface area contributed by atoms with Crippen molar-refractivity contribution in [3.63, 3.8) is 0 Å². The molecule has 0 aliphatic heterocycles. The molecule has 0 unspecified atom stereocenters. The first-order valence-corrected chi connectivity index (χ1v) is 6.08. The van der Waals surface area contributed by atoms with E-state index >= 15 is 0 Å². The molecular formula is C12H12Cl2O4. The van der Waals surface area contributed by atoms with Crippen molar-refractivity contribution >= 4 is 35.0 Å². The van der Waals surface area contributed by atoms with Crippen LogP contribution in [0.4, 0.5) is 0 Å². The Morgan fingerprint density at radius 1 is 1.22 bits per heavy atom. The highest BCUT2D eigenvalue weighted by atomic mass is 35.5. The van der Waals surface area contributed by atoms with Crippen LogP contribution in [0.25, 0.3) is 0 Å². The smallest absolute Gasteiger partial charge is 0.306 e. The standard InChI is InChI=1S/C12H12Cl2O4/c1-2-18-11(16)4-3-10(15)7-5-8(13)12(17)9(14)6-7/h5-6,17H,2-4H2,1H3. The summed E-state index contributed by atoms with van der Waals surface area (Å²) in [6.07, 6.45) is 0.0130. The zero-order chi connectivity index (χ0) is 13.7. The monoisotopic (exact) mass is 290 g/mol. The van der Waals surface area contributed by atoms with Crippen LogP contribution in [0.5, 0.6) is 5.75 Å². The van der Waals surface area contributed by atoms with E-state index in [2.05, 4.69) is 0 Å². The SMILES string of the molecule is CCOC(=O)CCC(=O)c1cc(Cl)c(O)c(Cl)c1. The van der Waals surface area contributed by atoms with Gasteiger partial charge >= 0.3 is 5.97 Å². The van der Waals surface area contributed by atoms with Crippen LogP contribution < -0.4 is 0 Å². The highest BCUT2D eigenvalue weighted by molar-refractivity contribution is 6.37. The quantitative estimate of drug-likeness (QED) is 0.668. The van der Waals surface area contributed by atoms with Gasteiger partial charge in [0.1, 0.15) is 0 Å². The lowest BCUT2D eigenvalue weighted by atomic mass is 10.1. The number of phenols is 1. The number of ketones is 1. The Morgan fingerprint density at radius 3 is 2.28 bits per heavy atom. The number of hydrogen-bond donors (Lipinski definition) is 1. The lowest BCUT2D eigenvalue weighted by Gasteiger charge is -2.05. The number of hydrogen-bond acceptors (Lipinski definition) is 4. The van der Waals surface area contributed by atoms with Gasteiger partial charge in [-0.15, -0.1) is 0 Å². The third-order valence-corrected chi connectivity index (χ3v) is 2.78. The number of aromatic hydroxyl groups is 1. The molecule has 1 rings (SSSR count). The van der Waals surface area contributed by atoms with E-state index in [1.165, 1.54) is 12.1 Å². The van der Waals surface area contributed by atoms with E-state index in [9.17, 15) is 14.7 Å². The van der Waals surface area contributed by atoms with E-state index in [1.807, 2.05) is 0 Å². The van der Waals surface area contributed by atoms with Crippen LogP contribution in [0, 0.1) is 0 Å². The summed E-state index contributed by atoms with van der Waals surface area (Å²) in [5.74, 6) is -0.978. The van der Waals surface area contributed by atoms with E-state index < -0.39 is 5.97 Å². The van der Waals surface area contributed by atoms with E-state index in [1.54, 1.807) is 6.92 Å². The molecule has 0 aromatic heterocycles. The predicted molar refractivity (Wildman–Crippen MR) is 68.3 cm³/mol.